The zero-order valence-corrected chi connectivity index (χ0v) is 16.8. The van der Waals surface area contributed by atoms with Crippen molar-refractivity contribution < 1.29 is 9.59 Å². The molecule has 3 rings (SSSR count). The lowest BCUT2D eigenvalue weighted by Crippen LogP contribution is -2.43. The second-order valence-electron chi connectivity index (χ2n) is 7.09. The van der Waals surface area contributed by atoms with Crippen LogP contribution in [0.4, 0.5) is 5.69 Å². The monoisotopic (exact) mass is 393 g/mol. The Bertz CT molecular complexity index is 1130. The van der Waals surface area contributed by atoms with Crippen molar-refractivity contribution in [3.63, 3.8) is 0 Å². The number of carbonyl (C=O) groups excluding carboxylic acids is 2. The average molecular weight is 393 g/mol. The molecule has 0 saturated heterocycles. The van der Waals surface area contributed by atoms with Gasteiger partial charge < -0.3 is 4.90 Å². The van der Waals surface area contributed by atoms with Crippen molar-refractivity contribution in [2.45, 2.75) is 19.9 Å². The summed E-state index contributed by atoms with van der Waals surface area (Å²) in [7, 11) is 3.75. The van der Waals surface area contributed by atoms with Crippen LogP contribution in [-0.2, 0) is 0 Å². The molecule has 0 spiro atoms. The van der Waals surface area contributed by atoms with Gasteiger partial charge in [-0.25, -0.2) is 4.68 Å². The number of nitrogens with one attached hydrogen (secondary N) is 2. The number of anilines is 1. The summed E-state index contributed by atoms with van der Waals surface area (Å²) in [6.07, 6.45) is 0. The zero-order chi connectivity index (χ0) is 21.1. The second kappa shape index (κ2) is 8.14. The molecule has 0 bridgehead atoms. The van der Waals surface area contributed by atoms with E-state index in [1.807, 2.05) is 38.9 Å². The summed E-state index contributed by atoms with van der Waals surface area (Å²) in [5.74, 6) is -1.06. The predicted molar refractivity (Wildman–Crippen MR) is 112 cm³/mol. The molecule has 0 unspecified atom stereocenters. The molecule has 2 aromatic carbocycles. The maximum absolute atomic E-state index is 12.7. The van der Waals surface area contributed by atoms with Crippen molar-refractivity contribution in [1.82, 2.24) is 20.6 Å². The minimum atomic E-state index is -0.604. The van der Waals surface area contributed by atoms with Crippen molar-refractivity contribution in [2.75, 3.05) is 19.0 Å². The third-order valence-corrected chi connectivity index (χ3v) is 4.45. The minimum absolute atomic E-state index is 0.0660. The standard InChI is InChI=1S/C21H23N5O3/c1-13(2)26-21(29)17-11-6-5-10-16(17)18(24-26)20(28)23-22-19(27)14-8-7-9-15(12-14)25(3)4/h5-13H,1-4H3,(H,22,27)(H,23,28). The first-order valence-electron chi connectivity index (χ1n) is 9.19. The van der Waals surface area contributed by atoms with Gasteiger partial charge >= 0.3 is 0 Å². The summed E-state index contributed by atoms with van der Waals surface area (Å²) in [6.45, 7) is 3.62. The molecule has 2 amide bonds. The van der Waals surface area contributed by atoms with Crippen molar-refractivity contribution >= 4 is 28.3 Å². The number of fused-ring (bicyclic) bond motifs is 1. The molecule has 1 heterocycles. The number of aromatic nitrogens is 2. The van der Waals surface area contributed by atoms with Crippen LogP contribution in [0.15, 0.2) is 53.3 Å². The van der Waals surface area contributed by atoms with E-state index in [1.165, 1.54) is 4.68 Å². The van der Waals surface area contributed by atoms with Crippen LogP contribution in [0.2, 0.25) is 0 Å². The van der Waals surface area contributed by atoms with E-state index < -0.39 is 11.8 Å². The molecule has 29 heavy (non-hydrogen) atoms. The maximum Gasteiger partial charge on any atom is 0.290 e. The van der Waals surface area contributed by atoms with Gasteiger partial charge in [-0.2, -0.15) is 5.10 Å². The third kappa shape index (κ3) is 4.11. The Labute approximate surface area is 168 Å². The molecule has 1 aromatic heterocycles. The highest BCUT2D eigenvalue weighted by atomic mass is 16.2. The highest BCUT2D eigenvalue weighted by Gasteiger charge is 2.18. The van der Waals surface area contributed by atoms with Crippen molar-refractivity contribution in [1.29, 1.82) is 0 Å². The van der Waals surface area contributed by atoms with Crippen LogP contribution >= 0.6 is 0 Å². The van der Waals surface area contributed by atoms with Gasteiger partial charge in [-0.3, -0.25) is 25.2 Å². The lowest BCUT2D eigenvalue weighted by Gasteiger charge is -2.15. The van der Waals surface area contributed by atoms with Crippen LogP contribution in [0.3, 0.4) is 0 Å². The zero-order valence-electron chi connectivity index (χ0n) is 16.8. The Morgan fingerprint density at radius 3 is 2.28 bits per heavy atom. The SMILES string of the molecule is CC(C)n1nc(C(=O)NNC(=O)c2cccc(N(C)C)c2)c2ccccc2c1=O. The molecular formula is C21H23N5O3. The van der Waals surface area contributed by atoms with Crippen LogP contribution < -0.4 is 21.3 Å². The van der Waals surface area contributed by atoms with Crippen molar-refractivity contribution in [3.8, 4) is 0 Å². The van der Waals surface area contributed by atoms with E-state index in [0.29, 0.717) is 16.3 Å². The molecule has 0 radical (unpaired) electrons. The van der Waals surface area contributed by atoms with Gasteiger partial charge in [0.25, 0.3) is 17.4 Å². The van der Waals surface area contributed by atoms with Gasteiger partial charge in [0.1, 0.15) is 0 Å². The third-order valence-electron chi connectivity index (χ3n) is 4.45. The summed E-state index contributed by atoms with van der Waals surface area (Å²) < 4.78 is 1.26. The molecular weight excluding hydrogens is 370 g/mol. The molecule has 150 valence electrons. The average Bonchev–Trinajstić information content (AvgIpc) is 2.72. The lowest BCUT2D eigenvalue weighted by atomic mass is 10.1. The largest absolute Gasteiger partial charge is 0.378 e. The second-order valence-corrected chi connectivity index (χ2v) is 7.09. The van der Waals surface area contributed by atoms with E-state index in [0.717, 1.165) is 5.69 Å². The first kappa shape index (κ1) is 20.1. The van der Waals surface area contributed by atoms with E-state index in [2.05, 4.69) is 16.0 Å². The fraction of sp³-hybridized carbons (Fsp3) is 0.238. The quantitative estimate of drug-likeness (QED) is 0.662. The number of nitrogens with zero attached hydrogens (tertiary/aromatic N) is 3. The Kier molecular flexibility index (Phi) is 5.63. The molecule has 8 heteroatoms. The number of rotatable bonds is 4. The highest BCUT2D eigenvalue weighted by molar-refractivity contribution is 6.06. The molecule has 0 aliphatic heterocycles. The van der Waals surface area contributed by atoms with Crippen molar-refractivity contribution in [2.24, 2.45) is 0 Å². The van der Waals surface area contributed by atoms with E-state index in [1.54, 1.807) is 42.5 Å². The van der Waals surface area contributed by atoms with Gasteiger partial charge in [-0.15, -0.1) is 0 Å². The van der Waals surface area contributed by atoms with Gasteiger partial charge in [0, 0.05) is 30.7 Å². The van der Waals surface area contributed by atoms with E-state index in [-0.39, 0.29) is 17.3 Å². The number of hydrogen-bond donors (Lipinski definition) is 2. The van der Waals surface area contributed by atoms with Crippen LogP contribution in [0, 0.1) is 0 Å². The summed E-state index contributed by atoms with van der Waals surface area (Å²) >= 11 is 0. The number of hydrazine groups is 1. The topological polar surface area (TPSA) is 96.3 Å². The van der Waals surface area contributed by atoms with Gasteiger partial charge in [0.05, 0.1) is 11.4 Å². The number of hydrogen-bond acceptors (Lipinski definition) is 5. The fourth-order valence-electron chi connectivity index (χ4n) is 2.89. The molecule has 0 saturated carbocycles. The van der Waals surface area contributed by atoms with Gasteiger partial charge in [-0.05, 0) is 38.1 Å². The van der Waals surface area contributed by atoms with Gasteiger partial charge in [0.15, 0.2) is 5.69 Å². The van der Waals surface area contributed by atoms with E-state index in [9.17, 15) is 14.4 Å². The summed E-state index contributed by atoms with van der Waals surface area (Å²) in [4.78, 5) is 39.6. The van der Waals surface area contributed by atoms with Crippen molar-refractivity contribution in [3.05, 3.63) is 70.1 Å². The first-order valence-corrected chi connectivity index (χ1v) is 9.19. The van der Waals surface area contributed by atoms with Crippen LogP contribution in [0.5, 0.6) is 0 Å². The fourth-order valence-corrected chi connectivity index (χ4v) is 2.89. The molecule has 0 aliphatic rings. The summed E-state index contributed by atoms with van der Waals surface area (Å²) in [6, 6.07) is 13.6. The molecule has 2 N–H and O–H groups in total. The van der Waals surface area contributed by atoms with E-state index in [4.69, 9.17) is 0 Å². The normalized spacial score (nSPS) is 10.8. The van der Waals surface area contributed by atoms with Crippen LogP contribution in [0.25, 0.3) is 10.8 Å². The van der Waals surface area contributed by atoms with Crippen LogP contribution in [0.1, 0.15) is 40.7 Å². The number of benzene rings is 2. The lowest BCUT2D eigenvalue weighted by molar-refractivity contribution is 0.0843. The molecule has 0 fully saturated rings. The maximum atomic E-state index is 12.7. The Morgan fingerprint density at radius 1 is 0.966 bits per heavy atom. The molecule has 0 aliphatic carbocycles. The Hall–Kier alpha value is -3.68. The Balaban J connectivity index is 1.87. The molecule has 8 nitrogen and oxygen atoms in total. The predicted octanol–water partition coefficient (Wildman–Crippen LogP) is 2.12. The highest BCUT2D eigenvalue weighted by Crippen LogP contribution is 2.15. The summed E-state index contributed by atoms with van der Waals surface area (Å²) in [5, 5.41) is 5.04. The minimum Gasteiger partial charge on any atom is -0.378 e. The van der Waals surface area contributed by atoms with Crippen LogP contribution in [-0.4, -0.2) is 35.7 Å². The number of carbonyl (C=O) groups is 2. The van der Waals surface area contributed by atoms with Gasteiger partial charge in [0.2, 0.25) is 0 Å². The smallest absolute Gasteiger partial charge is 0.290 e. The Morgan fingerprint density at radius 2 is 1.62 bits per heavy atom. The van der Waals surface area contributed by atoms with E-state index >= 15 is 0 Å². The summed E-state index contributed by atoms with van der Waals surface area (Å²) in [5.41, 5.74) is 5.87. The van der Waals surface area contributed by atoms with Gasteiger partial charge in [-0.1, -0.05) is 24.3 Å². The first-order chi connectivity index (χ1) is 13.8. The molecule has 0 atom stereocenters. The molecule has 3 aromatic rings. The number of amides is 2.